The smallest absolute Gasteiger partial charge is 0.266 e. The second-order valence-corrected chi connectivity index (χ2v) is 4.87. The number of nitrogens with zero attached hydrogens (tertiary/aromatic N) is 2. The Morgan fingerprint density at radius 3 is 2.05 bits per heavy atom. The van der Waals surface area contributed by atoms with Crippen LogP contribution in [0.3, 0.4) is 0 Å². The Kier molecular flexibility index (Phi) is 4.27. The zero-order valence-corrected chi connectivity index (χ0v) is 10.7. The van der Waals surface area contributed by atoms with E-state index >= 15 is 0 Å². The molecule has 0 atom stereocenters. The third-order valence-corrected chi connectivity index (χ3v) is 2.00. The van der Waals surface area contributed by atoms with Crippen LogP contribution >= 0.6 is 0 Å². The minimum Gasteiger partial charge on any atom is -0.266 e. The van der Waals surface area contributed by atoms with Gasteiger partial charge < -0.3 is 0 Å². The molecule has 1 rings (SSSR count). The zero-order valence-electron chi connectivity index (χ0n) is 10.7. The predicted octanol–water partition coefficient (Wildman–Crippen LogP) is 3.82. The van der Waals surface area contributed by atoms with Crippen molar-refractivity contribution in [3.8, 4) is 0 Å². The Balaban J connectivity index is 2.88. The fourth-order valence-corrected chi connectivity index (χ4v) is 1.09. The Labute approximate surface area is 108 Å². The van der Waals surface area contributed by atoms with Crippen LogP contribution in [0.25, 0.3) is 0 Å². The number of aliphatic imine (C=N–C) groups is 2. The van der Waals surface area contributed by atoms with Crippen molar-refractivity contribution in [1.29, 1.82) is 0 Å². The lowest BCUT2D eigenvalue weighted by molar-refractivity contribution is -0.137. The van der Waals surface area contributed by atoms with Crippen LogP contribution in [0.2, 0.25) is 0 Å². The first kappa shape index (κ1) is 15.1. The van der Waals surface area contributed by atoms with Gasteiger partial charge in [0, 0.05) is 5.56 Å². The molecule has 0 saturated carbocycles. The molecule has 0 unspecified atom stereocenters. The van der Waals surface area contributed by atoms with Gasteiger partial charge in [-0.3, -0.25) is 4.79 Å². The normalized spacial score (nSPS) is 11.7. The van der Waals surface area contributed by atoms with Gasteiger partial charge in [0.1, 0.15) is 0 Å². The number of amides is 1. The molecular formula is C13H13F3N2O. The topological polar surface area (TPSA) is 41.8 Å². The van der Waals surface area contributed by atoms with Crippen LogP contribution in [-0.4, -0.2) is 17.5 Å². The van der Waals surface area contributed by atoms with Gasteiger partial charge in [-0.1, -0.05) is 0 Å². The number of carbonyl (C=O) groups excluding carboxylic acids is 1. The van der Waals surface area contributed by atoms with Crippen molar-refractivity contribution in [2.24, 2.45) is 9.98 Å². The molecule has 0 N–H and O–H groups in total. The maximum atomic E-state index is 12.3. The highest BCUT2D eigenvalue weighted by atomic mass is 19.4. The largest absolute Gasteiger partial charge is 0.416 e. The molecule has 3 nitrogen and oxygen atoms in total. The minimum absolute atomic E-state index is 0.0598. The lowest BCUT2D eigenvalue weighted by Gasteiger charge is -2.07. The lowest BCUT2D eigenvalue weighted by atomic mass is 10.1. The standard InChI is InChI=1S/C13H13F3N2O/c1-12(2,3)18-8-17-11(19)9-4-6-10(7-5-9)13(14,15)16/h4-7H,1-3H3. The molecule has 19 heavy (non-hydrogen) atoms. The van der Waals surface area contributed by atoms with Crippen molar-refractivity contribution in [2.75, 3.05) is 0 Å². The van der Waals surface area contributed by atoms with Gasteiger partial charge >= 0.3 is 6.18 Å². The van der Waals surface area contributed by atoms with Gasteiger partial charge in [0.25, 0.3) is 5.91 Å². The molecule has 0 aliphatic heterocycles. The first-order valence-corrected chi connectivity index (χ1v) is 5.49. The monoisotopic (exact) mass is 270 g/mol. The summed E-state index contributed by atoms with van der Waals surface area (Å²) < 4.78 is 37.0. The second-order valence-electron chi connectivity index (χ2n) is 4.87. The second kappa shape index (κ2) is 5.36. The molecule has 0 fully saturated rings. The lowest BCUT2D eigenvalue weighted by Crippen LogP contribution is -2.08. The molecule has 0 aliphatic rings. The Hall–Kier alpha value is -1.94. The highest BCUT2D eigenvalue weighted by Gasteiger charge is 2.30. The van der Waals surface area contributed by atoms with Gasteiger partial charge in [0.05, 0.1) is 17.1 Å². The molecule has 102 valence electrons. The number of carbonyl (C=O) groups is 1. The Morgan fingerprint density at radius 2 is 1.63 bits per heavy atom. The Morgan fingerprint density at radius 1 is 1.11 bits per heavy atom. The molecular weight excluding hydrogens is 257 g/mol. The van der Waals surface area contributed by atoms with E-state index in [9.17, 15) is 18.0 Å². The summed E-state index contributed by atoms with van der Waals surface area (Å²) >= 11 is 0. The van der Waals surface area contributed by atoms with Crippen LogP contribution in [0, 0.1) is 0 Å². The summed E-state index contributed by atoms with van der Waals surface area (Å²) in [5.41, 5.74) is -1.16. The maximum absolute atomic E-state index is 12.3. The Bertz CT molecular complexity index is 518. The fraction of sp³-hybridized carbons (Fsp3) is 0.385. The van der Waals surface area contributed by atoms with Crippen molar-refractivity contribution in [3.05, 3.63) is 35.4 Å². The summed E-state index contributed by atoms with van der Waals surface area (Å²) in [5.74, 6) is -0.679. The zero-order chi connectivity index (χ0) is 14.7. The first-order valence-electron chi connectivity index (χ1n) is 5.49. The van der Waals surface area contributed by atoms with Crippen molar-refractivity contribution in [1.82, 2.24) is 0 Å². The average molecular weight is 270 g/mol. The van der Waals surface area contributed by atoms with Gasteiger partial charge in [-0.25, -0.2) is 4.99 Å². The number of rotatable bonds is 1. The SMILES string of the molecule is CC(C)(C)N=C=NC(=O)c1ccc(C(F)(F)F)cc1. The quantitative estimate of drug-likeness (QED) is 0.715. The summed E-state index contributed by atoms with van der Waals surface area (Å²) in [6.45, 7) is 5.41. The van der Waals surface area contributed by atoms with Gasteiger partial charge in [-0.15, -0.1) is 4.99 Å². The number of benzene rings is 1. The van der Waals surface area contributed by atoms with E-state index in [2.05, 4.69) is 16.0 Å². The van der Waals surface area contributed by atoms with Crippen molar-refractivity contribution >= 4 is 11.9 Å². The number of halogens is 3. The van der Waals surface area contributed by atoms with Gasteiger partial charge in [-0.05, 0) is 45.0 Å². The van der Waals surface area contributed by atoms with Gasteiger partial charge in [-0.2, -0.15) is 13.2 Å². The molecule has 0 bridgehead atoms. The average Bonchev–Trinajstić information content (AvgIpc) is 2.26. The molecule has 0 radical (unpaired) electrons. The summed E-state index contributed by atoms with van der Waals surface area (Å²) in [5, 5.41) is 0. The molecule has 0 aromatic heterocycles. The predicted molar refractivity (Wildman–Crippen MR) is 65.4 cm³/mol. The van der Waals surface area contributed by atoms with E-state index in [1.54, 1.807) is 20.8 Å². The molecule has 0 spiro atoms. The van der Waals surface area contributed by atoms with E-state index in [4.69, 9.17) is 0 Å². The fourth-order valence-electron chi connectivity index (χ4n) is 1.09. The summed E-state index contributed by atoms with van der Waals surface area (Å²) in [7, 11) is 0. The summed E-state index contributed by atoms with van der Waals surface area (Å²) in [4.78, 5) is 18.8. The number of alkyl halides is 3. The summed E-state index contributed by atoms with van der Waals surface area (Å²) in [6.07, 6.45) is -4.42. The molecule has 1 amide bonds. The van der Waals surface area contributed by atoms with E-state index in [1.165, 1.54) is 0 Å². The van der Waals surface area contributed by atoms with Crippen LogP contribution in [0.1, 0.15) is 36.7 Å². The highest BCUT2D eigenvalue weighted by Crippen LogP contribution is 2.29. The van der Waals surface area contributed by atoms with Gasteiger partial charge in [0.2, 0.25) is 0 Å². The molecule has 0 saturated heterocycles. The number of hydrogen-bond acceptors (Lipinski definition) is 2. The molecule has 6 heteroatoms. The van der Waals surface area contributed by atoms with Crippen LogP contribution in [0.5, 0.6) is 0 Å². The van der Waals surface area contributed by atoms with Gasteiger partial charge in [0.15, 0.2) is 0 Å². The minimum atomic E-state index is -4.42. The van der Waals surface area contributed by atoms with E-state index in [-0.39, 0.29) is 5.56 Å². The number of hydrogen-bond donors (Lipinski definition) is 0. The molecule has 1 aromatic carbocycles. The maximum Gasteiger partial charge on any atom is 0.416 e. The third-order valence-electron chi connectivity index (χ3n) is 2.00. The van der Waals surface area contributed by atoms with E-state index in [0.29, 0.717) is 0 Å². The summed E-state index contributed by atoms with van der Waals surface area (Å²) in [6, 6.07) is 6.07. The molecule has 0 heterocycles. The van der Waals surface area contributed by atoms with E-state index in [0.717, 1.165) is 24.3 Å². The molecule has 1 aromatic rings. The molecule has 0 aliphatic carbocycles. The van der Waals surface area contributed by atoms with Crippen molar-refractivity contribution < 1.29 is 18.0 Å². The van der Waals surface area contributed by atoms with Crippen LogP contribution in [0.15, 0.2) is 34.3 Å². The van der Waals surface area contributed by atoms with Crippen molar-refractivity contribution in [3.63, 3.8) is 0 Å². The van der Waals surface area contributed by atoms with E-state index in [1.807, 2.05) is 0 Å². The third kappa shape index (κ3) is 5.06. The van der Waals surface area contributed by atoms with E-state index < -0.39 is 23.2 Å². The van der Waals surface area contributed by atoms with Crippen molar-refractivity contribution in [2.45, 2.75) is 32.5 Å². The highest BCUT2D eigenvalue weighted by molar-refractivity contribution is 5.97. The van der Waals surface area contributed by atoms with Crippen LogP contribution in [-0.2, 0) is 6.18 Å². The van der Waals surface area contributed by atoms with Crippen LogP contribution < -0.4 is 0 Å². The van der Waals surface area contributed by atoms with Crippen LogP contribution in [0.4, 0.5) is 13.2 Å². The first-order chi connectivity index (χ1) is 8.59.